The van der Waals surface area contributed by atoms with E-state index in [0.29, 0.717) is 6.07 Å². The van der Waals surface area contributed by atoms with Crippen molar-refractivity contribution in [2.24, 2.45) is 0 Å². The SMILES string of the molecule is O=C(O)c1cc(F)cnc1Nc1cc(Br)c(F)cc1F. The molecule has 2 N–H and O–H groups in total. The monoisotopic (exact) mass is 346 g/mol. The molecule has 4 nitrogen and oxygen atoms in total. The van der Waals surface area contributed by atoms with Gasteiger partial charge in [-0.3, -0.25) is 0 Å². The lowest BCUT2D eigenvalue weighted by Crippen LogP contribution is -2.06. The Bertz CT molecular complexity index is 695. The van der Waals surface area contributed by atoms with Crippen LogP contribution in [0.1, 0.15) is 10.4 Å². The van der Waals surface area contributed by atoms with Gasteiger partial charge < -0.3 is 10.4 Å². The van der Waals surface area contributed by atoms with E-state index < -0.39 is 29.0 Å². The van der Waals surface area contributed by atoms with Gasteiger partial charge in [-0.1, -0.05) is 0 Å². The minimum atomic E-state index is -1.43. The summed E-state index contributed by atoms with van der Waals surface area (Å²) in [6.07, 6.45) is 0.783. The highest BCUT2D eigenvalue weighted by molar-refractivity contribution is 9.10. The van der Waals surface area contributed by atoms with Crippen LogP contribution in [0.25, 0.3) is 0 Å². The Morgan fingerprint density at radius 3 is 2.55 bits per heavy atom. The van der Waals surface area contributed by atoms with Crippen molar-refractivity contribution in [3.63, 3.8) is 0 Å². The number of carboxylic acid groups (broad SMARTS) is 1. The summed E-state index contributed by atoms with van der Waals surface area (Å²) < 4.78 is 39.6. The standard InChI is InChI=1S/C12H6BrF3N2O2/c13-7-2-10(9(16)3-8(7)15)18-11-6(12(19)20)1-5(14)4-17-11/h1-4H,(H,17,18)(H,19,20). The normalized spacial score (nSPS) is 10.4. The summed E-state index contributed by atoms with van der Waals surface area (Å²) in [7, 11) is 0. The first kappa shape index (κ1) is 14.3. The minimum absolute atomic E-state index is 0.0135. The van der Waals surface area contributed by atoms with E-state index in [-0.39, 0.29) is 16.0 Å². The van der Waals surface area contributed by atoms with Crippen LogP contribution >= 0.6 is 15.9 Å². The van der Waals surface area contributed by atoms with Gasteiger partial charge in [-0.2, -0.15) is 0 Å². The zero-order valence-electron chi connectivity index (χ0n) is 9.62. The summed E-state index contributed by atoms with van der Waals surface area (Å²) in [6.45, 7) is 0. The molecule has 1 aromatic heterocycles. The van der Waals surface area contributed by atoms with Gasteiger partial charge in [0.1, 0.15) is 28.8 Å². The van der Waals surface area contributed by atoms with Crippen LogP contribution in [-0.2, 0) is 0 Å². The summed E-state index contributed by atoms with van der Waals surface area (Å²) in [4.78, 5) is 14.5. The molecule has 0 saturated heterocycles. The van der Waals surface area contributed by atoms with Crippen molar-refractivity contribution in [2.45, 2.75) is 0 Å². The molecule has 0 aliphatic rings. The third kappa shape index (κ3) is 2.90. The molecule has 0 saturated carbocycles. The molecule has 0 aliphatic heterocycles. The van der Waals surface area contributed by atoms with Crippen LogP contribution in [0.15, 0.2) is 28.9 Å². The van der Waals surface area contributed by atoms with E-state index >= 15 is 0 Å². The maximum atomic E-state index is 13.6. The Kier molecular flexibility index (Phi) is 3.93. The van der Waals surface area contributed by atoms with E-state index in [2.05, 4.69) is 26.2 Å². The molecular formula is C12H6BrF3N2O2. The molecule has 0 unspecified atom stereocenters. The van der Waals surface area contributed by atoms with Gasteiger partial charge in [0.25, 0.3) is 0 Å². The van der Waals surface area contributed by atoms with Gasteiger partial charge in [0.15, 0.2) is 0 Å². The molecule has 0 spiro atoms. The summed E-state index contributed by atoms with van der Waals surface area (Å²) >= 11 is 2.87. The second-order valence-corrected chi connectivity index (χ2v) is 4.58. The Hall–Kier alpha value is -2.09. The average molecular weight is 347 g/mol. The second kappa shape index (κ2) is 5.49. The molecule has 1 heterocycles. The number of pyridine rings is 1. The molecule has 0 bridgehead atoms. The molecule has 0 radical (unpaired) electrons. The number of aromatic carboxylic acids is 1. The van der Waals surface area contributed by atoms with E-state index in [0.717, 1.165) is 18.3 Å². The lowest BCUT2D eigenvalue weighted by molar-refractivity contribution is 0.0697. The number of carboxylic acids is 1. The largest absolute Gasteiger partial charge is 0.478 e. The van der Waals surface area contributed by atoms with Gasteiger partial charge in [-0.05, 0) is 28.1 Å². The van der Waals surface area contributed by atoms with Gasteiger partial charge in [-0.15, -0.1) is 0 Å². The van der Waals surface area contributed by atoms with Gasteiger partial charge in [0.05, 0.1) is 16.4 Å². The van der Waals surface area contributed by atoms with Gasteiger partial charge in [0.2, 0.25) is 0 Å². The number of hydrogen-bond donors (Lipinski definition) is 2. The average Bonchev–Trinajstić information content (AvgIpc) is 2.37. The number of hydrogen-bond acceptors (Lipinski definition) is 3. The minimum Gasteiger partial charge on any atom is -0.478 e. The first-order valence-electron chi connectivity index (χ1n) is 5.19. The fourth-order valence-electron chi connectivity index (χ4n) is 1.45. The number of rotatable bonds is 3. The number of aromatic nitrogens is 1. The smallest absolute Gasteiger partial charge is 0.339 e. The molecule has 104 valence electrons. The number of benzene rings is 1. The molecular weight excluding hydrogens is 341 g/mol. The van der Waals surface area contributed by atoms with Gasteiger partial charge in [0, 0.05) is 6.07 Å². The van der Waals surface area contributed by atoms with Gasteiger partial charge in [-0.25, -0.2) is 22.9 Å². The van der Waals surface area contributed by atoms with Crippen molar-refractivity contribution < 1.29 is 23.1 Å². The highest BCUT2D eigenvalue weighted by atomic mass is 79.9. The maximum Gasteiger partial charge on any atom is 0.339 e. The quantitative estimate of drug-likeness (QED) is 0.831. The Morgan fingerprint density at radius 2 is 1.90 bits per heavy atom. The highest BCUT2D eigenvalue weighted by Crippen LogP contribution is 2.27. The molecule has 1 aromatic carbocycles. The van der Waals surface area contributed by atoms with Crippen molar-refractivity contribution in [3.05, 3.63) is 51.9 Å². The van der Waals surface area contributed by atoms with Crippen LogP contribution < -0.4 is 5.32 Å². The van der Waals surface area contributed by atoms with Crippen molar-refractivity contribution in [2.75, 3.05) is 5.32 Å². The Balaban J connectivity index is 2.45. The lowest BCUT2D eigenvalue weighted by atomic mass is 10.2. The third-order valence-electron chi connectivity index (χ3n) is 2.35. The highest BCUT2D eigenvalue weighted by Gasteiger charge is 2.15. The fraction of sp³-hybridized carbons (Fsp3) is 0. The number of nitrogens with zero attached hydrogens (tertiary/aromatic N) is 1. The maximum absolute atomic E-state index is 13.6. The second-order valence-electron chi connectivity index (χ2n) is 3.73. The van der Waals surface area contributed by atoms with Crippen LogP contribution in [-0.4, -0.2) is 16.1 Å². The first-order chi connectivity index (χ1) is 9.38. The zero-order valence-corrected chi connectivity index (χ0v) is 11.2. The predicted molar refractivity (Wildman–Crippen MR) is 68.5 cm³/mol. The number of carbonyl (C=O) groups is 1. The summed E-state index contributed by atoms with van der Waals surface area (Å²) in [6, 6.07) is 2.45. The van der Waals surface area contributed by atoms with E-state index in [1.165, 1.54) is 0 Å². The molecule has 0 fully saturated rings. The molecule has 2 aromatic rings. The van der Waals surface area contributed by atoms with Crippen molar-refractivity contribution in [1.29, 1.82) is 0 Å². The van der Waals surface area contributed by atoms with Crippen molar-refractivity contribution in [3.8, 4) is 0 Å². The van der Waals surface area contributed by atoms with E-state index in [1.54, 1.807) is 0 Å². The van der Waals surface area contributed by atoms with Crippen molar-refractivity contribution in [1.82, 2.24) is 4.98 Å². The van der Waals surface area contributed by atoms with E-state index in [1.807, 2.05) is 0 Å². The van der Waals surface area contributed by atoms with E-state index in [9.17, 15) is 18.0 Å². The number of halogens is 4. The molecule has 2 rings (SSSR count). The lowest BCUT2D eigenvalue weighted by Gasteiger charge is -2.10. The van der Waals surface area contributed by atoms with Crippen LogP contribution in [0.5, 0.6) is 0 Å². The summed E-state index contributed by atoms with van der Waals surface area (Å²) in [5.41, 5.74) is -0.662. The Morgan fingerprint density at radius 1 is 1.20 bits per heavy atom. The van der Waals surface area contributed by atoms with Crippen LogP contribution in [0, 0.1) is 17.5 Å². The molecule has 0 amide bonds. The molecule has 20 heavy (non-hydrogen) atoms. The van der Waals surface area contributed by atoms with E-state index in [4.69, 9.17) is 5.11 Å². The van der Waals surface area contributed by atoms with Crippen LogP contribution in [0.4, 0.5) is 24.7 Å². The summed E-state index contributed by atoms with van der Waals surface area (Å²) in [5, 5.41) is 11.3. The zero-order chi connectivity index (χ0) is 14.9. The first-order valence-corrected chi connectivity index (χ1v) is 5.98. The number of nitrogens with one attached hydrogen (secondary N) is 1. The summed E-state index contributed by atoms with van der Waals surface area (Å²) in [5.74, 6) is -4.27. The Labute approximate surface area is 119 Å². The molecule has 0 aliphatic carbocycles. The van der Waals surface area contributed by atoms with Crippen molar-refractivity contribution >= 4 is 33.4 Å². The van der Waals surface area contributed by atoms with Crippen LogP contribution in [0.2, 0.25) is 0 Å². The third-order valence-corrected chi connectivity index (χ3v) is 2.96. The molecule has 0 atom stereocenters. The number of anilines is 2. The molecule has 8 heteroatoms. The van der Waals surface area contributed by atoms with Gasteiger partial charge >= 0.3 is 5.97 Å². The topological polar surface area (TPSA) is 62.2 Å². The van der Waals surface area contributed by atoms with Crippen LogP contribution in [0.3, 0.4) is 0 Å². The predicted octanol–water partition coefficient (Wildman–Crippen LogP) is 3.70. The fourth-order valence-corrected chi connectivity index (χ4v) is 1.79.